The highest BCUT2D eigenvalue weighted by Crippen LogP contribution is 2.30. The van der Waals surface area contributed by atoms with Crippen LogP contribution in [0, 0.1) is 0 Å². The van der Waals surface area contributed by atoms with E-state index in [1.165, 1.54) is 32.1 Å². The first-order valence-corrected chi connectivity index (χ1v) is 4.81. The third-order valence-corrected chi connectivity index (χ3v) is 2.62. The molecule has 0 aromatic carbocycles. The number of nitrogens with two attached hydrogens (primary N) is 1. The van der Waals surface area contributed by atoms with Crippen LogP contribution in [0.5, 0.6) is 0 Å². The summed E-state index contributed by atoms with van der Waals surface area (Å²) < 4.78 is 0. The molecule has 0 bridgehead atoms. The third kappa shape index (κ3) is 1.94. The predicted octanol–water partition coefficient (Wildman–Crippen LogP) is 1.50. The lowest BCUT2D eigenvalue weighted by atomic mass is 9.87. The van der Waals surface area contributed by atoms with E-state index in [1.54, 1.807) is 6.20 Å². The van der Waals surface area contributed by atoms with Gasteiger partial charge in [-0.2, -0.15) is 5.10 Å². The van der Waals surface area contributed by atoms with E-state index < -0.39 is 0 Å². The Labute approximate surface area is 77.6 Å². The van der Waals surface area contributed by atoms with Gasteiger partial charge in [0.15, 0.2) is 0 Å². The lowest BCUT2D eigenvalue weighted by Crippen LogP contribution is -2.09. The Bertz CT molecular complexity index is 263. The number of anilines is 1. The average Bonchev–Trinajstić information content (AvgIpc) is 2.20. The van der Waals surface area contributed by atoms with Crippen molar-refractivity contribution < 1.29 is 0 Å². The third-order valence-electron chi connectivity index (χ3n) is 2.62. The molecule has 1 aromatic heterocycles. The van der Waals surface area contributed by atoms with Gasteiger partial charge in [0.2, 0.25) is 5.95 Å². The van der Waals surface area contributed by atoms with Crippen LogP contribution < -0.4 is 5.73 Å². The Kier molecular flexibility index (Phi) is 2.38. The number of aromatic nitrogens is 3. The highest BCUT2D eigenvalue weighted by molar-refractivity contribution is 5.13. The van der Waals surface area contributed by atoms with Crippen LogP contribution in [0.3, 0.4) is 0 Å². The lowest BCUT2D eigenvalue weighted by molar-refractivity contribution is 0.433. The van der Waals surface area contributed by atoms with E-state index in [0.717, 1.165) is 5.69 Å². The first-order valence-electron chi connectivity index (χ1n) is 4.81. The number of hydrogen-bond donors (Lipinski definition) is 1. The Morgan fingerprint density at radius 1 is 1.15 bits per heavy atom. The van der Waals surface area contributed by atoms with Crippen LogP contribution in [-0.2, 0) is 0 Å². The smallest absolute Gasteiger partial charge is 0.240 e. The number of nitrogen functional groups attached to an aromatic ring is 1. The molecule has 1 fully saturated rings. The molecular weight excluding hydrogens is 164 g/mol. The van der Waals surface area contributed by atoms with E-state index >= 15 is 0 Å². The van der Waals surface area contributed by atoms with Crippen molar-refractivity contribution in [2.24, 2.45) is 0 Å². The van der Waals surface area contributed by atoms with Crippen LogP contribution in [0.25, 0.3) is 0 Å². The average molecular weight is 178 g/mol. The SMILES string of the molecule is Nc1ncc(C2CCCCC2)nn1. The van der Waals surface area contributed by atoms with Crippen molar-refractivity contribution in [1.29, 1.82) is 0 Å². The van der Waals surface area contributed by atoms with Gasteiger partial charge in [-0.1, -0.05) is 19.3 Å². The van der Waals surface area contributed by atoms with Crippen molar-refractivity contribution in [3.8, 4) is 0 Å². The maximum absolute atomic E-state index is 5.37. The fourth-order valence-corrected chi connectivity index (χ4v) is 1.88. The zero-order valence-electron chi connectivity index (χ0n) is 7.61. The van der Waals surface area contributed by atoms with E-state index in [0.29, 0.717) is 5.92 Å². The van der Waals surface area contributed by atoms with Crippen LogP contribution in [-0.4, -0.2) is 15.2 Å². The van der Waals surface area contributed by atoms with Gasteiger partial charge in [-0.3, -0.25) is 0 Å². The van der Waals surface area contributed by atoms with E-state index in [-0.39, 0.29) is 5.95 Å². The molecule has 1 aliphatic rings. The molecule has 1 heterocycles. The Hall–Kier alpha value is -1.19. The van der Waals surface area contributed by atoms with Crippen LogP contribution in [0.15, 0.2) is 6.20 Å². The van der Waals surface area contributed by atoms with E-state index in [4.69, 9.17) is 5.73 Å². The fraction of sp³-hybridized carbons (Fsp3) is 0.667. The van der Waals surface area contributed by atoms with Crippen molar-refractivity contribution in [3.05, 3.63) is 11.9 Å². The topological polar surface area (TPSA) is 64.7 Å². The van der Waals surface area contributed by atoms with Crippen molar-refractivity contribution in [2.75, 3.05) is 5.73 Å². The van der Waals surface area contributed by atoms with Gasteiger partial charge in [-0.15, -0.1) is 5.10 Å². The summed E-state index contributed by atoms with van der Waals surface area (Å²) in [5.41, 5.74) is 6.38. The highest BCUT2D eigenvalue weighted by atomic mass is 15.2. The molecule has 13 heavy (non-hydrogen) atoms. The molecular formula is C9H14N4. The first-order chi connectivity index (χ1) is 6.36. The standard InChI is InChI=1S/C9H14N4/c10-9-11-6-8(12-13-9)7-4-2-1-3-5-7/h6-7H,1-5H2,(H2,10,11,13). The summed E-state index contributed by atoms with van der Waals surface area (Å²) in [6, 6.07) is 0. The van der Waals surface area contributed by atoms with Crippen LogP contribution in [0.4, 0.5) is 5.95 Å². The molecule has 0 aliphatic heterocycles. The Morgan fingerprint density at radius 3 is 2.54 bits per heavy atom. The van der Waals surface area contributed by atoms with Crippen LogP contribution in [0.1, 0.15) is 43.7 Å². The minimum atomic E-state index is 0.263. The molecule has 0 radical (unpaired) electrons. The van der Waals surface area contributed by atoms with Gasteiger partial charge in [-0.25, -0.2) is 4.98 Å². The summed E-state index contributed by atoms with van der Waals surface area (Å²) in [6.45, 7) is 0. The zero-order chi connectivity index (χ0) is 9.10. The molecule has 4 heteroatoms. The van der Waals surface area contributed by atoms with Gasteiger partial charge >= 0.3 is 0 Å². The lowest BCUT2D eigenvalue weighted by Gasteiger charge is -2.19. The molecule has 2 rings (SSSR count). The monoisotopic (exact) mass is 178 g/mol. The first kappa shape index (κ1) is 8.41. The van der Waals surface area contributed by atoms with Gasteiger partial charge in [-0.05, 0) is 12.8 Å². The second-order valence-electron chi connectivity index (χ2n) is 3.58. The molecule has 0 saturated heterocycles. The number of hydrogen-bond acceptors (Lipinski definition) is 4. The predicted molar refractivity (Wildman–Crippen MR) is 50.1 cm³/mol. The molecule has 70 valence electrons. The molecule has 1 aromatic rings. The summed E-state index contributed by atoms with van der Waals surface area (Å²) in [4.78, 5) is 3.96. The molecule has 1 saturated carbocycles. The molecule has 1 aliphatic carbocycles. The summed E-state index contributed by atoms with van der Waals surface area (Å²) in [5.74, 6) is 0.828. The fourth-order valence-electron chi connectivity index (χ4n) is 1.88. The van der Waals surface area contributed by atoms with Gasteiger partial charge in [0.1, 0.15) is 0 Å². The Morgan fingerprint density at radius 2 is 1.92 bits per heavy atom. The minimum Gasteiger partial charge on any atom is -0.366 e. The van der Waals surface area contributed by atoms with Gasteiger partial charge < -0.3 is 5.73 Å². The van der Waals surface area contributed by atoms with E-state index in [2.05, 4.69) is 15.2 Å². The minimum absolute atomic E-state index is 0.263. The Balaban J connectivity index is 2.10. The highest BCUT2D eigenvalue weighted by Gasteiger charge is 2.17. The van der Waals surface area contributed by atoms with Crippen LogP contribution in [0.2, 0.25) is 0 Å². The maximum atomic E-state index is 5.37. The van der Waals surface area contributed by atoms with Gasteiger partial charge in [0, 0.05) is 5.92 Å². The normalized spacial score (nSPS) is 18.8. The van der Waals surface area contributed by atoms with Crippen LogP contribution >= 0.6 is 0 Å². The molecule has 0 atom stereocenters. The quantitative estimate of drug-likeness (QED) is 0.707. The largest absolute Gasteiger partial charge is 0.366 e. The molecule has 4 nitrogen and oxygen atoms in total. The molecule has 2 N–H and O–H groups in total. The van der Waals surface area contributed by atoms with E-state index in [1.807, 2.05) is 0 Å². The van der Waals surface area contributed by atoms with Gasteiger partial charge in [0.05, 0.1) is 11.9 Å². The summed E-state index contributed by atoms with van der Waals surface area (Å²) in [6.07, 6.45) is 8.17. The molecule has 0 amide bonds. The zero-order valence-corrected chi connectivity index (χ0v) is 7.61. The van der Waals surface area contributed by atoms with E-state index in [9.17, 15) is 0 Å². The second kappa shape index (κ2) is 3.68. The van der Waals surface area contributed by atoms with Crippen molar-refractivity contribution in [1.82, 2.24) is 15.2 Å². The van der Waals surface area contributed by atoms with Crippen molar-refractivity contribution in [2.45, 2.75) is 38.0 Å². The van der Waals surface area contributed by atoms with Gasteiger partial charge in [0.25, 0.3) is 0 Å². The summed E-state index contributed by atoms with van der Waals surface area (Å²) in [7, 11) is 0. The number of rotatable bonds is 1. The summed E-state index contributed by atoms with van der Waals surface area (Å²) >= 11 is 0. The second-order valence-corrected chi connectivity index (χ2v) is 3.58. The molecule has 0 spiro atoms. The van der Waals surface area contributed by atoms with Crippen molar-refractivity contribution in [3.63, 3.8) is 0 Å². The number of nitrogens with zero attached hydrogens (tertiary/aromatic N) is 3. The summed E-state index contributed by atoms with van der Waals surface area (Å²) in [5, 5.41) is 7.84. The van der Waals surface area contributed by atoms with Crippen molar-refractivity contribution >= 4 is 5.95 Å². The molecule has 0 unspecified atom stereocenters. The maximum Gasteiger partial charge on any atom is 0.240 e.